The molecule has 1 fully saturated rings. The van der Waals surface area contributed by atoms with Gasteiger partial charge in [-0.2, -0.15) is 0 Å². The summed E-state index contributed by atoms with van der Waals surface area (Å²) in [6.45, 7) is 3.17. The molecule has 0 aromatic heterocycles. The Balaban J connectivity index is 1.93. The number of rotatable bonds is 3. The largest absolute Gasteiger partial charge is 0.298 e. The highest BCUT2D eigenvalue weighted by molar-refractivity contribution is 5.86. The van der Waals surface area contributed by atoms with Gasteiger partial charge in [0.05, 0.1) is 6.04 Å². The van der Waals surface area contributed by atoms with Crippen molar-refractivity contribution in [2.45, 2.75) is 31.8 Å². The van der Waals surface area contributed by atoms with Gasteiger partial charge in [-0.15, -0.1) is 0 Å². The molecule has 21 heavy (non-hydrogen) atoms. The van der Waals surface area contributed by atoms with E-state index in [2.05, 4.69) is 48.2 Å². The lowest BCUT2D eigenvalue weighted by molar-refractivity contribution is -0.128. The van der Waals surface area contributed by atoms with E-state index < -0.39 is 0 Å². The first-order valence-corrected chi connectivity index (χ1v) is 7.66. The lowest BCUT2D eigenvalue weighted by atomic mass is 9.91. The van der Waals surface area contributed by atoms with E-state index in [4.69, 9.17) is 0 Å². The zero-order chi connectivity index (χ0) is 14.7. The molecule has 2 aromatic rings. The summed E-state index contributed by atoms with van der Waals surface area (Å²) in [7, 11) is 0. The van der Waals surface area contributed by atoms with Gasteiger partial charge in [-0.3, -0.25) is 9.69 Å². The molecule has 0 aliphatic carbocycles. The molecule has 1 aliphatic rings. The van der Waals surface area contributed by atoms with Gasteiger partial charge >= 0.3 is 0 Å². The van der Waals surface area contributed by atoms with Crippen LogP contribution < -0.4 is 0 Å². The number of carbonyl (C=O) groups excluding carboxylic acids is 1. The number of hydrogen-bond donors (Lipinski definition) is 0. The van der Waals surface area contributed by atoms with Gasteiger partial charge in [0.2, 0.25) is 0 Å². The summed E-state index contributed by atoms with van der Waals surface area (Å²) in [5.74, 6) is 0.343. The summed E-state index contributed by atoms with van der Waals surface area (Å²) in [6, 6.07) is 20.8. The van der Waals surface area contributed by atoms with Crippen LogP contribution in [0.3, 0.4) is 0 Å². The second kappa shape index (κ2) is 6.23. The van der Waals surface area contributed by atoms with Gasteiger partial charge in [-0.05, 0) is 24.5 Å². The third-order valence-electron chi connectivity index (χ3n) is 4.37. The molecular weight excluding hydrogens is 258 g/mol. The molecule has 1 aliphatic heterocycles. The van der Waals surface area contributed by atoms with Crippen molar-refractivity contribution in [3.8, 4) is 0 Å². The molecule has 0 radical (unpaired) electrons. The summed E-state index contributed by atoms with van der Waals surface area (Å²) in [5.41, 5.74) is 2.39. The van der Waals surface area contributed by atoms with Gasteiger partial charge in [-0.1, -0.05) is 60.7 Å². The molecule has 0 saturated carbocycles. The fourth-order valence-electron chi connectivity index (χ4n) is 3.24. The fourth-order valence-corrected chi connectivity index (χ4v) is 3.24. The quantitative estimate of drug-likeness (QED) is 0.841. The summed E-state index contributed by atoms with van der Waals surface area (Å²) >= 11 is 0. The first-order chi connectivity index (χ1) is 10.3. The maximum Gasteiger partial charge on any atom is 0.154 e. The summed E-state index contributed by atoms with van der Waals surface area (Å²) in [6.07, 6.45) is 1.65. The highest BCUT2D eigenvalue weighted by Gasteiger charge is 2.34. The van der Waals surface area contributed by atoms with Crippen LogP contribution in [0, 0.1) is 0 Å². The van der Waals surface area contributed by atoms with Gasteiger partial charge < -0.3 is 0 Å². The van der Waals surface area contributed by atoms with Crippen LogP contribution in [0.1, 0.15) is 43.0 Å². The Morgan fingerprint density at radius 3 is 2.29 bits per heavy atom. The number of benzene rings is 2. The molecule has 2 nitrogen and oxygen atoms in total. The van der Waals surface area contributed by atoms with Crippen LogP contribution >= 0.6 is 0 Å². The van der Waals surface area contributed by atoms with Crippen molar-refractivity contribution >= 4 is 5.78 Å². The number of nitrogens with zero attached hydrogens (tertiary/aromatic N) is 1. The molecule has 1 unspecified atom stereocenters. The van der Waals surface area contributed by atoms with Crippen LogP contribution in [0.2, 0.25) is 0 Å². The van der Waals surface area contributed by atoms with E-state index in [1.54, 1.807) is 0 Å². The van der Waals surface area contributed by atoms with Crippen molar-refractivity contribution in [1.29, 1.82) is 0 Å². The highest BCUT2D eigenvalue weighted by Crippen LogP contribution is 2.35. The Labute approximate surface area is 126 Å². The molecule has 108 valence electrons. The molecular formula is C19H21NO. The average molecular weight is 279 g/mol. The zero-order valence-corrected chi connectivity index (χ0v) is 12.4. The van der Waals surface area contributed by atoms with Crippen molar-refractivity contribution in [2.75, 3.05) is 6.54 Å². The monoisotopic (exact) mass is 279 g/mol. The van der Waals surface area contributed by atoms with Crippen LogP contribution in [-0.2, 0) is 4.79 Å². The summed E-state index contributed by atoms with van der Waals surface area (Å²) < 4.78 is 0. The Bertz CT molecular complexity index is 593. The molecule has 2 atom stereocenters. The van der Waals surface area contributed by atoms with Crippen LogP contribution in [0.5, 0.6) is 0 Å². The Morgan fingerprint density at radius 1 is 1.00 bits per heavy atom. The molecule has 1 saturated heterocycles. The molecule has 0 N–H and O–H groups in total. The number of carbonyl (C=O) groups is 1. The zero-order valence-electron chi connectivity index (χ0n) is 12.4. The van der Waals surface area contributed by atoms with E-state index in [0.717, 1.165) is 18.5 Å². The van der Waals surface area contributed by atoms with E-state index in [1.807, 2.05) is 24.3 Å². The first-order valence-electron chi connectivity index (χ1n) is 7.66. The lowest BCUT2D eigenvalue weighted by Gasteiger charge is -2.39. The van der Waals surface area contributed by atoms with Crippen molar-refractivity contribution in [3.05, 3.63) is 71.8 Å². The maximum atomic E-state index is 12.5. The third kappa shape index (κ3) is 2.91. The SMILES string of the molecule is C[C@@H](c1ccccc1)N1CCCC(=O)C1c1ccccc1. The van der Waals surface area contributed by atoms with Gasteiger partial charge in [0.1, 0.15) is 0 Å². The second-order valence-corrected chi connectivity index (χ2v) is 5.71. The van der Waals surface area contributed by atoms with Crippen molar-refractivity contribution < 1.29 is 4.79 Å². The predicted octanol–water partition coefficient (Wildman–Crippen LogP) is 4.15. The van der Waals surface area contributed by atoms with E-state index in [0.29, 0.717) is 12.2 Å². The van der Waals surface area contributed by atoms with Gasteiger partial charge in [0.25, 0.3) is 0 Å². The Morgan fingerprint density at radius 2 is 1.62 bits per heavy atom. The second-order valence-electron chi connectivity index (χ2n) is 5.71. The van der Waals surface area contributed by atoms with E-state index in [9.17, 15) is 4.79 Å². The number of piperidine rings is 1. The fraction of sp³-hybridized carbons (Fsp3) is 0.316. The average Bonchev–Trinajstić information content (AvgIpc) is 2.55. The number of Topliss-reactive ketones (excluding diaryl/α,β-unsaturated/α-hetero) is 1. The number of hydrogen-bond acceptors (Lipinski definition) is 2. The molecule has 0 amide bonds. The van der Waals surface area contributed by atoms with E-state index >= 15 is 0 Å². The topological polar surface area (TPSA) is 20.3 Å². The molecule has 0 bridgehead atoms. The van der Waals surface area contributed by atoms with Crippen molar-refractivity contribution in [2.24, 2.45) is 0 Å². The Kier molecular flexibility index (Phi) is 4.16. The van der Waals surface area contributed by atoms with E-state index in [-0.39, 0.29) is 12.1 Å². The lowest BCUT2D eigenvalue weighted by Crippen LogP contribution is -2.40. The van der Waals surface area contributed by atoms with E-state index in [1.165, 1.54) is 5.56 Å². The molecule has 1 heterocycles. The minimum Gasteiger partial charge on any atom is -0.298 e. The van der Waals surface area contributed by atoms with Crippen LogP contribution in [0.25, 0.3) is 0 Å². The number of likely N-dealkylation sites (tertiary alicyclic amines) is 1. The van der Waals surface area contributed by atoms with Crippen LogP contribution in [-0.4, -0.2) is 17.2 Å². The minimum absolute atomic E-state index is 0.102. The molecule has 2 heteroatoms. The maximum absolute atomic E-state index is 12.5. The van der Waals surface area contributed by atoms with Crippen LogP contribution in [0.15, 0.2) is 60.7 Å². The first kappa shape index (κ1) is 14.0. The standard InChI is InChI=1S/C19H21NO/c1-15(16-9-4-2-5-10-16)20-14-8-13-18(21)19(20)17-11-6-3-7-12-17/h2-7,9-12,15,19H,8,13-14H2,1H3/t15-,19?/m0/s1. The third-order valence-corrected chi connectivity index (χ3v) is 4.37. The molecule has 0 spiro atoms. The summed E-state index contributed by atoms with van der Waals surface area (Å²) in [5, 5.41) is 0. The van der Waals surface area contributed by atoms with Crippen molar-refractivity contribution in [3.63, 3.8) is 0 Å². The van der Waals surface area contributed by atoms with Crippen LogP contribution in [0.4, 0.5) is 0 Å². The molecule has 3 rings (SSSR count). The highest BCUT2D eigenvalue weighted by atomic mass is 16.1. The smallest absolute Gasteiger partial charge is 0.154 e. The predicted molar refractivity (Wildman–Crippen MR) is 85.0 cm³/mol. The minimum atomic E-state index is -0.102. The van der Waals surface area contributed by atoms with Gasteiger partial charge in [-0.25, -0.2) is 0 Å². The molecule has 2 aromatic carbocycles. The van der Waals surface area contributed by atoms with Gasteiger partial charge in [0.15, 0.2) is 5.78 Å². The Hall–Kier alpha value is -1.93. The van der Waals surface area contributed by atoms with Gasteiger partial charge in [0, 0.05) is 19.0 Å². The normalized spacial score (nSPS) is 21.2. The summed E-state index contributed by atoms with van der Waals surface area (Å²) in [4.78, 5) is 14.8. The number of ketones is 1. The van der Waals surface area contributed by atoms with Crippen molar-refractivity contribution in [1.82, 2.24) is 4.90 Å².